The molecule has 0 radical (unpaired) electrons. The van der Waals surface area contributed by atoms with Gasteiger partial charge in [0.05, 0.1) is 25.3 Å². The summed E-state index contributed by atoms with van der Waals surface area (Å²) < 4.78 is 5.75. The second kappa shape index (κ2) is 9.55. The third-order valence-corrected chi connectivity index (χ3v) is 4.85. The molecule has 1 aliphatic heterocycles. The molecule has 3 rings (SSSR count). The van der Waals surface area contributed by atoms with Crippen LogP contribution >= 0.6 is 11.8 Å². The van der Waals surface area contributed by atoms with E-state index in [0.717, 1.165) is 30.4 Å². The third-order valence-electron chi connectivity index (χ3n) is 3.95. The van der Waals surface area contributed by atoms with Gasteiger partial charge in [-0.3, -0.25) is 9.69 Å². The predicted molar refractivity (Wildman–Crippen MR) is 96.2 cm³/mol. The molecule has 1 fully saturated rings. The summed E-state index contributed by atoms with van der Waals surface area (Å²) in [6.07, 6.45) is 2.03. The Morgan fingerprint density at radius 3 is 3.08 bits per heavy atom. The first-order valence-corrected chi connectivity index (χ1v) is 9.41. The Balaban J connectivity index is 1.34. The van der Waals surface area contributed by atoms with E-state index < -0.39 is 0 Å². The largest absolute Gasteiger partial charge is 0.375 e. The van der Waals surface area contributed by atoms with E-state index in [4.69, 9.17) is 4.74 Å². The number of aromatic amines is 1. The number of aromatic nitrogens is 3. The number of hydrogen-bond acceptors (Lipinski definition) is 6. The summed E-state index contributed by atoms with van der Waals surface area (Å²) >= 11 is 1.56. The van der Waals surface area contributed by atoms with Crippen molar-refractivity contribution in [2.24, 2.45) is 0 Å². The van der Waals surface area contributed by atoms with Crippen LogP contribution in [0.5, 0.6) is 0 Å². The number of carbonyl (C=O) groups is 1. The highest BCUT2D eigenvalue weighted by Crippen LogP contribution is 2.13. The Bertz CT molecular complexity index is 638. The smallest absolute Gasteiger partial charge is 0.222 e. The minimum Gasteiger partial charge on any atom is -0.375 e. The minimum absolute atomic E-state index is 0.0345. The van der Waals surface area contributed by atoms with E-state index in [2.05, 4.69) is 49.9 Å². The highest BCUT2D eigenvalue weighted by Gasteiger charge is 2.22. The second-order valence-corrected chi connectivity index (χ2v) is 7.04. The number of morpholine rings is 1. The van der Waals surface area contributed by atoms with Crippen molar-refractivity contribution in [2.75, 3.05) is 32.0 Å². The van der Waals surface area contributed by atoms with Gasteiger partial charge in [0.1, 0.15) is 5.03 Å². The molecule has 1 unspecified atom stereocenters. The summed E-state index contributed by atoms with van der Waals surface area (Å²) in [6.45, 7) is 3.87. The Hall–Kier alpha value is -1.90. The lowest BCUT2D eigenvalue weighted by Gasteiger charge is -2.32. The van der Waals surface area contributed by atoms with Crippen molar-refractivity contribution in [3.05, 3.63) is 42.1 Å². The first-order valence-electron chi connectivity index (χ1n) is 8.43. The molecule has 1 amide bonds. The van der Waals surface area contributed by atoms with Gasteiger partial charge in [0.2, 0.25) is 5.91 Å². The second-order valence-electron chi connectivity index (χ2n) is 5.92. The quantitative estimate of drug-likeness (QED) is 0.545. The SMILES string of the molecule is O=C(CC1CN(Cc2ccccc2)CCO1)NCCSc1cn[nH]n1. The van der Waals surface area contributed by atoms with Crippen molar-refractivity contribution >= 4 is 17.7 Å². The minimum atomic E-state index is -0.0411. The molecule has 7 nitrogen and oxygen atoms in total. The maximum atomic E-state index is 12.1. The Morgan fingerprint density at radius 2 is 2.28 bits per heavy atom. The molecule has 0 aliphatic carbocycles. The molecule has 1 saturated heterocycles. The van der Waals surface area contributed by atoms with Crippen molar-refractivity contribution in [3.8, 4) is 0 Å². The fraction of sp³-hybridized carbons (Fsp3) is 0.471. The molecule has 1 aromatic carbocycles. The molecule has 1 aliphatic rings. The van der Waals surface area contributed by atoms with Gasteiger partial charge in [-0.15, -0.1) is 16.9 Å². The van der Waals surface area contributed by atoms with Crippen LogP contribution in [0.4, 0.5) is 0 Å². The lowest BCUT2D eigenvalue weighted by atomic mass is 10.1. The van der Waals surface area contributed by atoms with Gasteiger partial charge >= 0.3 is 0 Å². The standard InChI is InChI=1S/C17H23N5O2S/c23-16(18-6-9-25-17-11-19-21-20-17)10-15-13-22(7-8-24-15)12-14-4-2-1-3-5-14/h1-5,11,15H,6-10,12-13H2,(H,18,23)(H,19,20,21). The van der Waals surface area contributed by atoms with Crippen LogP contribution in [0.15, 0.2) is 41.6 Å². The molecule has 0 saturated carbocycles. The number of hydrogen-bond donors (Lipinski definition) is 2. The molecule has 8 heteroatoms. The molecule has 2 aromatic rings. The maximum Gasteiger partial charge on any atom is 0.222 e. The average Bonchev–Trinajstić information content (AvgIpc) is 3.13. The molecule has 2 heterocycles. The van der Waals surface area contributed by atoms with Gasteiger partial charge in [0, 0.05) is 31.9 Å². The van der Waals surface area contributed by atoms with Gasteiger partial charge in [-0.1, -0.05) is 30.3 Å². The molecular weight excluding hydrogens is 338 g/mol. The van der Waals surface area contributed by atoms with Crippen molar-refractivity contribution in [1.82, 2.24) is 25.6 Å². The van der Waals surface area contributed by atoms with Crippen LogP contribution in [-0.2, 0) is 16.1 Å². The first-order chi connectivity index (χ1) is 12.3. The van der Waals surface area contributed by atoms with Gasteiger partial charge in [0.25, 0.3) is 0 Å². The third kappa shape index (κ3) is 6.15. The number of benzene rings is 1. The van der Waals surface area contributed by atoms with Crippen molar-refractivity contribution in [2.45, 2.75) is 24.1 Å². The number of ether oxygens (including phenoxy) is 1. The van der Waals surface area contributed by atoms with Crippen molar-refractivity contribution in [3.63, 3.8) is 0 Å². The van der Waals surface area contributed by atoms with Gasteiger partial charge in [-0.25, -0.2) is 0 Å². The first kappa shape index (κ1) is 17.9. The number of amides is 1. The molecule has 25 heavy (non-hydrogen) atoms. The van der Waals surface area contributed by atoms with Crippen LogP contribution in [0.1, 0.15) is 12.0 Å². The molecule has 0 spiro atoms. The topological polar surface area (TPSA) is 83.1 Å². The van der Waals surface area contributed by atoms with Crippen molar-refractivity contribution < 1.29 is 9.53 Å². The number of rotatable bonds is 8. The molecular formula is C17H23N5O2S. The highest BCUT2D eigenvalue weighted by molar-refractivity contribution is 7.99. The Morgan fingerprint density at radius 1 is 1.40 bits per heavy atom. The number of H-pyrrole nitrogens is 1. The zero-order valence-electron chi connectivity index (χ0n) is 14.1. The van der Waals surface area contributed by atoms with E-state index in [-0.39, 0.29) is 12.0 Å². The number of nitrogens with one attached hydrogen (secondary N) is 2. The van der Waals surface area contributed by atoms with Crippen LogP contribution in [0, 0.1) is 0 Å². The van der Waals surface area contributed by atoms with E-state index >= 15 is 0 Å². The Kier molecular flexibility index (Phi) is 6.84. The van der Waals surface area contributed by atoms with Crippen LogP contribution in [0.2, 0.25) is 0 Å². The normalized spacial score (nSPS) is 18.2. The molecule has 2 N–H and O–H groups in total. The van der Waals surface area contributed by atoms with Crippen LogP contribution in [0.25, 0.3) is 0 Å². The predicted octanol–water partition coefficient (Wildman–Crippen LogP) is 1.30. The van der Waals surface area contributed by atoms with Gasteiger partial charge in [-0.2, -0.15) is 10.3 Å². The molecule has 0 bridgehead atoms. The van der Waals surface area contributed by atoms with E-state index in [9.17, 15) is 4.79 Å². The summed E-state index contributed by atoms with van der Waals surface area (Å²) in [4.78, 5) is 14.4. The average molecular weight is 361 g/mol. The number of thioether (sulfide) groups is 1. The van der Waals surface area contributed by atoms with Gasteiger partial charge in [0.15, 0.2) is 0 Å². The summed E-state index contributed by atoms with van der Waals surface area (Å²) in [5.74, 6) is 0.802. The Labute approximate surface area is 151 Å². The fourth-order valence-electron chi connectivity index (χ4n) is 2.77. The summed E-state index contributed by atoms with van der Waals surface area (Å²) in [7, 11) is 0. The summed E-state index contributed by atoms with van der Waals surface area (Å²) in [5, 5.41) is 14.0. The summed E-state index contributed by atoms with van der Waals surface area (Å²) in [5.41, 5.74) is 1.29. The lowest BCUT2D eigenvalue weighted by molar-refractivity contribution is -0.126. The van der Waals surface area contributed by atoms with Gasteiger partial charge < -0.3 is 10.1 Å². The fourth-order valence-corrected chi connectivity index (χ4v) is 3.42. The van der Waals surface area contributed by atoms with E-state index in [1.165, 1.54) is 5.56 Å². The summed E-state index contributed by atoms with van der Waals surface area (Å²) in [6, 6.07) is 10.4. The van der Waals surface area contributed by atoms with E-state index in [1.807, 2.05) is 6.07 Å². The zero-order chi connectivity index (χ0) is 17.3. The maximum absolute atomic E-state index is 12.1. The van der Waals surface area contributed by atoms with E-state index in [0.29, 0.717) is 19.6 Å². The van der Waals surface area contributed by atoms with Crippen molar-refractivity contribution in [1.29, 1.82) is 0 Å². The van der Waals surface area contributed by atoms with Crippen LogP contribution in [-0.4, -0.2) is 64.3 Å². The number of carbonyl (C=O) groups excluding carboxylic acids is 1. The van der Waals surface area contributed by atoms with Gasteiger partial charge in [-0.05, 0) is 5.56 Å². The molecule has 1 atom stereocenters. The highest BCUT2D eigenvalue weighted by atomic mass is 32.2. The molecule has 1 aromatic heterocycles. The zero-order valence-corrected chi connectivity index (χ0v) is 14.9. The van der Waals surface area contributed by atoms with E-state index in [1.54, 1.807) is 18.0 Å². The molecule has 134 valence electrons. The van der Waals surface area contributed by atoms with Crippen LogP contribution in [0.3, 0.4) is 0 Å². The van der Waals surface area contributed by atoms with Crippen LogP contribution < -0.4 is 5.32 Å². The lowest BCUT2D eigenvalue weighted by Crippen LogP contribution is -2.44. The number of nitrogens with zero attached hydrogens (tertiary/aromatic N) is 3. The monoisotopic (exact) mass is 361 g/mol.